The highest BCUT2D eigenvalue weighted by Gasteiger charge is 2.55. The summed E-state index contributed by atoms with van der Waals surface area (Å²) in [5, 5.41) is 28.2. The van der Waals surface area contributed by atoms with Crippen molar-refractivity contribution < 1.29 is 52.0 Å². The highest BCUT2D eigenvalue weighted by Crippen LogP contribution is 2.35. The first-order valence-electron chi connectivity index (χ1n) is 8.21. The first-order valence-corrected chi connectivity index (χ1v) is 9.68. The molecule has 0 amide bonds. The molecule has 3 fully saturated rings. The van der Waals surface area contributed by atoms with Crippen LogP contribution >= 0.6 is 0 Å². The summed E-state index contributed by atoms with van der Waals surface area (Å²) in [5.41, 5.74) is 0. The van der Waals surface area contributed by atoms with E-state index in [1.54, 1.807) is 6.92 Å². The first-order chi connectivity index (χ1) is 12.2. The number of aliphatic hydroxyl groups is 3. The highest BCUT2D eigenvalue weighted by atomic mass is 32.2. The molecule has 4 unspecified atom stereocenters. The zero-order valence-electron chi connectivity index (χ0n) is 14.2. The summed E-state index contributed by atoms with van der Waals surface area (Å²) in [7, 11) is -3.80. The Morgan fingerprint density at radius 1 is 1.19 bits per heavy atom. The zero-order chi connectivity index (χ0) is 19.2. The van der Waals surface area contributed by atoms with Gasteiger partial charge in [-0.2, -0.15) is 0 Å². The number of hydrogen-bond donors (Lipinski definition) is 3. The van der Waals surface area contributed by atoms with Crippen LogP contribution in [0.3, 0.4) is 0 Å². The molecule has 3 heterocycles. The van der Waals surface area contributed by atoms with E-state index in [0.717, 1.165) is 7.11 Å². The third-order valence-electron chi connectivity index (χ3n) is 5.04. The number of rotatable bonds is 5. The summed E-state index contributed by atoms with van der Waals surface area (Å²) in [6.45, 7) is 1.07. The van der Waals surface area contributed by atoms with Gasteiger partial charge in [0.05, 0.1) is 19.3 Å². The van der Waals surface area contributed by atoms with Crippen LogP contribution in [-0.4, -0.2) is 109 Å². The van der Waals surface area contributed by atoms with Crippen LogP contribution in [-0.2, 0) is 33.8 Å². The third kappa shape index (κ3) is 3.51. The molecule has 0 radical (unpaired) electrons. The molecular weight excluding hydrogens is 376 g/mol. The molecular formula is C14H23O11S-. The van der Waals surface area contributed by atoms with Gasteiger partial charge in [0.1, 0.15) is 58.1 Å². The average Bonchev–Trinajstić information content (AvgIpc) is 2.89. The van der Waals surface area contributed by atoms with E-state index in [2.05, 4.69) is 0 Å². The van der Waals surface area contributed by atoms with Gasteiger partial charge in [0.15, 0.2) is 6.29 Å². The van der Waals surface area contributed by atoms with E-state index in [9.17, 15) is 28.3 Å². The predicted molar refractivity (Wildman–Crippen MR) is 81.0 cm³/mol. The lowest BCUT2D eigenvalue weighted by Crippen LogP contribution is -2.64. The van der Waals surface area contributed by atoms with Crippen LogP contribution in [0.15, 0.2) is 0 Å². The summed E-state index contributed by atoms with van der Waals surface area (Å²) < 4.78 is 61.6. The molecule has 3 N–H and O–H groups in total. The molecule has 11 nitrogen and oxygen atoms in total. The van der Waals surface area contributed by atoms with Crippen molar-refractivity contribution in [3.63, 3.8) is 0 Å². The molecule has 12 heteroatoms. The summed E-state index contributed by atoms with van der Waals surface area (Å²) >= 11 is 0. The summed E-state index contributed by atoms with van der Waals surface area (Å²) in [6, 6.07) is 0. The van der Waals surface area contributed by atoms with Gasteiger partial charge in [0.25, 0.3) is 0 Å². The Morgan fingerprint density at radius 3 is 2.46 bits per heavy atom. The van der Waals surface area contributed by atoms with Crippen LogP contribution in [0, 0.1) is 0 Å². The van der Waals surface area contributed by atoms with Gasteiger partial charge in [0.2, 0.25) is 0 Å². The van der Waals surface area contributed by atoms with Crippen molar-refractivity contribution in [2.75, 3.05) is 20.3 Å². The molecule has 152 valence electrons. The van der Waals surface area contributed by atoms with Gasteiger partial charge < -0.3 is 43.6 Å². The van der Waals surface area contributed by atoms with Crippen LogP contribution < -0.4 is 0 Å². The van der Waals surface area contributed by atoms with Crippen molar-refractivity contribution in [3.8, 4) is 0 Å². The van der Waals surface area contributed by atoms with E-state index < -0.39 is 77.1 Å². The van der Waals surface area contributed by atoms with Crippen LogP contribution in [0.2, 0.25) is 0 Å². The number of methoxy groups -OCH3 is 1. The molecule has 2 bridgehead atoms. The second-order valence-corrected chi connectivity index (χ2v) is 8.17. The monoisotopic (exact) mass is 399 g/mol. The standard InChI is InChI=1S/C14H24O11S/c1-5-8(16)11-10(7(23-5)4-22-11)25-14-9(17)12(21-2)13(26(18,19)20)6(3-15)24-14/h5-17H,3-4H2,1-2H3,(H,18,19,20)/p-1/t5-,6?,7?,8?,9?,10+,11+,12-,13+,14+/m1/s1. The molecule has 0 aromatic heterocycles. The lowest BCUT2D eigenvalue weighted by Gasteiger charge is -2.46. The molecule has 10 atom stereocenters. The molecule has 3 aliphatic heterocycles. The van der Waals surface area contributed by atoms with Crippen molar-refractivity contribution >= 4 is 10.1 Å². The van der Waals surface area contributed by atoms with Gasteiger partial charge in [-0.15, -0.1) is 0 Å². The Morgan fingerprint density at radius 2 is 1.88 bits per heavy atom. The quantitative estimate of drug-likeness (QED) is 0.402. The SMILES string of the molecule is CO[C@@H]1C(O)[C@H](O[C@H]2C3CO[C@H]2C(O)[C@@H](C)O3)OC(CO)[C@@H]1S(=O)(=O)[O-]. The molecule has 3 saturated heterocycles. The van der Waals surface area contributed by atoms with Crippen molar-refractivity contribution in [1.29, 1.82) is 0 Å². The van der Waals surface area contributed by atoms with E-state index in [1.807, 2.05) is 0 Å². The average molecular weight is 399 g/mol. The van der Waals surface area contributed by atoms with Crippen LogP contribution in [0.4, 0.5) is 0 Å². The van der Waals surface area contributed by atoms with E-state index >= 15 is 0 Å². The van der Waals surface area contributed by atoms with Gasteiger partial charge in [0, 0.05) is 7.11 Å². The smallest absolute Gasteiger partial charge is 0.187 e. The van der Waals surface area contributed by atoms with Crippen molar-refractivity contribution in [2.45, 2.75) is 67.3 Å². The molecule has 3 rings (SSSR count). The molecule has 0 aliphatic carbocycles. The van der Waals surface area contributed by atoms with Crippen LogP contribution in [0.25, 0.3) is 0 Å². The Labute approximate surface area is 150 Å². The second-order valence-electron chi connectivity index (χ2n) is 6.64. The van der Waals surface area contributed by atoms with Gasteiger partial charge in [-0.3, -0.25) is 0 Å². The lowest BCUT2D eigenvalue weighted by atomic mass is 9.97. The predicted octanol–water partition coefficient (Wildman–Crippen LogP) is -3.07. The summed E-state index contributed by atoms with van der Waals surface area (Å²) in [5.74, 6) is 0. The Hall–Kier alpha value is -0.410. The number of hydrogen-bond acceptors (Lipinski definition) is 11. The van der Waals surface area contributed by atoms with Gasteiger partial charge in [-0.05, 0) is 6.92 Å². The van der Waals surface area contributed by atoms with Crippen molar-refractivity contribution in [3.05, 3.63) is 0 Å². The topological polar surface area (TPSA) is 164 Å². The second kappa shape index (κ2) is 7.54. The molecule has 0 saturated carbocycles. The summed E-state index contributed by atoms with van der Waals surface area (Å²) in [6.07, 6.45) is -9.35. The fourth-order valence-electron chi connectivity index (χ4n) is 3.73. The first kappa shape index (κ1) is 20.3. The van der Waals surface area contributed by atoms with Gasteiger partial charge in [-0.25, -0.2) is 8.42 Å². The fraction of sp³-hybridized carbons (Fsp3) is 1.00. The maximum Gasteiger partial charge on any atom is 0.187 e. The number of fused-ring (bicyclic) bond motifs is 2. The molecule has 26 heavy (non-hydrogen) atoms. The Kier molecular flexibility index (Phi) is 5.90. The normalized spacial score (nSPS) is 49.3. The van der Waals surface area contributed by atoms with E-state index in [0.29, 0.717) is 0 Å². The van der Waals surface area contributed by atoms with Crippen molar-refractivity contribution in [2.24, 2.45) is 0 Å². The molecule has 3 aliphatic rings. The van der Waals surface area contributed by atoms with Gasteiger partial charge >= 0.3 is 0 Å². The molecule has 0 aromatic carbocycles. The lowest BCUT2D eigenvalue weighted by molar-refractivity contribution is -0.308. The Bertz CT molecular complexity index is 598. The molecule has 0 aromatic rings. The van der Waals surface area contributed by atoms with E-state index in [4.69, 9.17) is 23.7 Å². The maximum atomic E-state index is 11.5. The zero-order valence-corrected chi connectivity index (χ0v) is 15.0. The number of aliphatic hydroxyl groups excluding tert-OH is 3. The number of ether oxygens (including phenoxy) is 5. The largest absolute Gasteiger partial charge is 0.748 e. The fourth-order valence-corrected chi connectivity index (χ4v) is 4.86. The van der Waals surface area contributed by atoms with Crippen LogP contribution in [0.1, 0.15) is 6.92 Å². The van der Waals surface area contributed by atoms with E-state index in [-0.39, 0.29) is 6.61 Å². The minimum Gasteiger partial charge on any atom is -0.748 e. The maximum absolute atomic E-state index is 11.5. The van der Waals surface area contributed by atoms with Gasteiger partial charge in [-0.1, -0.05) is 0 Å². The van der Waals surface area contributed by atoms with Crippen molar-refractivity contribution in [1.82, 2.24) is 0 Å². The highest BCUT2D eigenvalue weighted by molar-refractivity contribution is 7.86. The Balaban J connectivity index is 1.79. The third-order valence-corrected chi connectivity index (χ3v) is 6.28. The minimum atomic E-state index is -4.93. The minimum absolute atomic E-state index is 0.175. The van der Waals surface area contributed by atoms with Crippen LogP contribution in [0.5, 0.6) is 0 Å². The van der Waals surface area contributed by atoms with E-state index in [1.165, 1.54) is 0 Å². The summed E-state index contributed by atoms with van der Waals surface area (Å²) in [4.78, 5) is 0. The molecule has 0 spiro atoms.